The van der Waals surface area contributed by atoms with Gasteiger partial charge in [-0.1, -0.05) is 43.3 Å². The fourth-order valence-electron chi connectivity index (χ4n) is 2.59. The van der Waals surface area contributed by atoms with Gasteiger partial charge in [-0.2, -0.15) is 0 Å². The Balaban J connectivity index is 2.23. The number of rotatable bonds is 8. The SMILES string of the molecule is CCCN(Cc1ccccc1)C(c1cccs1)C(O)CO. The average molecular weight is 305 g/mol. The zero-order valence-corrected chi connectivity index (χ0v) is 13.2. The minimum absolute atomic E-state index is 0.157. The number of aliphatic hydroxyl groups is 2. The van der Waals surface area contributed by atoms with Gasteiger partial charge in [0, 0.05) is 11.4 Å². The summed E-state index contributed by atoms with van der Waals surface area (Å²) in [7, 11) is 0. The molecule has 1 heterocycles. The minimum atomic E-state index is -0.765. The van der Waals surface area contributed by atoms with Crippen LogP contribution >= 0.6 is 11.3 Å². The molecule has 0 bridgehead atoms. The van der Waals surface area contributed by atoms with E-state index in [1.807, 2.05) is 35.7 Å². The van der Waals surface area contributed by atoms with Crippen molar-refractivity contribution in [1.29, 1.82) is 0 Å². The van der Waals surface area contributed by atoms with Gasteiger partial charge in [-0.3, -0.25) is 4.90 Å². The van der Waals surface area contributed by atoms with Crippen LogP contribution in [0, 0.1) is 0 Å². The number of nitrogens with zero attached hydrogens (tertiary/aromatic N) is 1. The number of benzene rings is 1. The van der Waals surface area contributed by atoms with Gasteiger partial charge in [0.1, 0.15) is 0 Å². The van der Waals surface area contributed by atoms with E-state index in [0.29, 0.717) is 0 Å². The smallest absolute Gasteiger partial charge is 0.0975 e. The maximum atomic E-state index is 10.3. The van der Waals surface area contributed by atoms with Gasteiger partial charge in [0.25, 0.3) is 0 Å². The van der Waals surface area contributed by atoms with Gasteiger partial charge in [-0.05, 0) is 30.0 Å². The van der Waals surface area contributed by atoms with Crippen LogP contribution in [0.5, 0.6) is 0 Å². The van der Waals surface area contributed by atoms with Crippen molar-refractivity contribution in [1.82, 2.24) is 4.90 Å². The summed E-state index contributed by atoms with van der Waals surface area (Å²) >= 11 is 1.63. The Labute approximate surface area is 130 Å². The molecule has 1 aromatic carbocycles. The van der Waals surface area contributed by atoms with E-state index in [9.17, 15) is 10.2 Å². The first-order valence-electron chi connectivity index (χ1n) is 7.36. The van der Waals surface area contributed by atoms with Gasteiger partial charge in [0.2, 0.25) is 0 Å². The molecule has 0 amide bonds. The quantitative estimate of drug-likeness (QED) is 0.788. The van der Waals surface area contributed by atoms with Gasteiger partial charge in [0.05, 0.1) is 18.8 Å². The summed E-state index contributed by atoms with van der Waals surface area (Å²) in [5, 5.41) is 21.7. The second-order valence-corrected chi connectivity index (χ2v) is 6.15. The highest BCUT2D eigenvalue weighted by molar-refractivity contribution is 7.10. The van der Waals surface area contributed by atoms with Crippen molar-refractivity contribution in [3.8, 4) is 0 Å². The number of thiophene rings is 1. The van der Waals surface area contributed by atoms with Gasteiger partial charge in [0.15, 0.2) is 0 Å². The van der Waals surface area contributed by atoms with Gasteiger partial charge in [-0.15, -0.1) is 11.3 Å². The van der Waals surface area contributed by atoms with Gasteiger partial charge in [-0.25, -0.2) is 0 Å². The van der Waals surface area contributed by atoms with Gasteiger partial charge < -0.3 is 10.2 Å². The topological polar surface area (TPSA) is 43.7 Å². The molecule has 0 radical (unpaired) electrons. The molecule has 2 atom stereocenters. The van der Waals surface area contributed by atoms with Crippen molar-refractivity contribution in [3.05, 3.63) is 58.3 Å². The van der Waals surface area contributed by atoms with E-state index in [0.717, 1.165) is 24.4 Å². The predicted molar refractivity (Wildman–Crippen MR) is 87.3 cm³/mol. The van der Waals surface area contributed by atoms with Crippen LogP contribution in [0.15, 0.2) is 47.8 Å². The normalized spacial score (nSPS) is 14.3. The van der Waals surface area contributed by atoms with Crippen molar-refractivity contribution in [3.63, 3.8) is 0 Å². The molecule has 0 fully saturated rings. The Morgan fingerprint density at radius 3 is 2.48 bits per heavy atom. The van der Waals surface area contributed by atoms with Crippen LogP contribution in [0.1, 0.15) is 29.8 Å². The highest BCUT2D eigenvalue weighted by atomic mass is 32.1. The Hall–Kier alpha value is -1.20. The largest absolute Gasteiger partial charge is 0.394 e. The van der Waals surface area contributed by atoms with E-state index in [-0.39, 0.29) is 12.6 Å². The van der Waals surface area contributed by atoms with Crippen LogP contribution in [0.2, 0.25) is 0 Å². The Morgan fingerprint density at radius 2 is 1.90 bits per heavy atom. The fourth-order valence-corrected chi connectivity index (χ4v) is 3.51. The molecule has 0 aliphatic carbocycles. The molecule has 0 aliphatic heterocycles. The molecular weight excluding hydrogens is 282 g/mol. The second kappa shape index (κ2) is 8.29. The van der Waals surface area contributed by atoms with E-state index in [1.165, 1.54) is 5.56 Å². The third-order valence-electron chi connectivity index (χ3n) is 3.52. The minimum Gasteiger partial charge on any atom is -0.394 e. The third kappa shape index (κ3) is 4.38. The standard InChI is InChI=1S/C17H23NO2S/c1-2-10-18(12-14-7-4-3-5-8-14)17(15(20)13-19)16-9-6-11-21-16/h3-9,11,15,17,19-20H,2,10,12-13H2,1H3. The van der Waals surface area contributed by atoms with E-state index in [2.05, 4.69) is 24.0 Å². The predicted octanol–water partition coefficient (Wildman–Crippen LogP) is 3.05. The van der Waals surface area contributed by atoms with E-state index >= 15 is 0 Å². The summed E-state index contributed by atoms with van der Waals surface area (Å²) < 4.78 is 0. The molecule has 21 heavy (non-hydrogen) atoms. The maximum absolute atomic E-state index is 10.3. The molecule has 3 nitrogen and oxygen atoms in total. The Bertz CT molecular complexity index is 501. The summed E-state index contributed by atoms with van der Waals surface area (Å²) in [6.45, 7) is 3.56. The lowest BCUT2D eigenvalue weighted by Gasteiger charge is -2.33. The molecule has 0 saturated carbocycles. The number of hydrogen-bond donors (Lipinski definition) is 2. The van der Waals surface area contributed by atoms with Crippen molar-refractivity contribution in [2.75, 3.05) is 13.2 Å². The molecule has 4 heteroatoms. The molecule has 0 spiro atoms. The van der Waals surface area contributed by atoms with Crippen LogP contribution in [0.25, 0.3) is 0 Å². The molecular formula is C17H23NO2S. The lowest BCUT2D eigenvalue weighted by atomic mass is 10.1. The van der Waals surface area contributed by atoms with Crippen LogP contribution < -0.4 is 0 Å². The third-order valence-corrected chi connectivity index (χ3v) is 4.46. The van der Waals surface area contributed by atoms with E-state index in [1.54, 1.807) is 11.3 Å². The second-order valence-electron chi connectivity index (χ2n) is 5.17. The van der Waals surface area contributed by atoms with E-state index < -0.39 is 6.10 Å². The lowest BCUT2D eigenvalue weighted by molar-refractivity contribution is 0.00741. The van der Waals surface area contributed by atoms with Crippen LogP contribution in [-0.2, 0) is 6.54 Å². The fraction of sp³-hybridized carbons (Fsp3) is 0.412. The highest BCUT2D eigenvalue weighted by Gasteiger charge is 2.27. The molecule has 2 unspecified atom stereocenters. The lowest BCUT2D eigenvalue weighted by Crippen LogP contribution is -2.38. The summed E-state index contributed by atoms with van der Waals surface area (Å²) in [4.78, 5) is 3.35. The summed E-state index contributed by atoms with van der Waals surface area (Å²) in [6, 6.07) is 14.1. The highest BCUT2D eigenvalue weighted by Crippen LogP contribution is 2.30. The zero-order chi connectivity index (χ0) is 15.1. The molecule has 114 valence electrons. The molecule has 2 aromatic rings. The van der Waals surface area contributed by atoms with Crippen LogP contribution in [0.4, 0.5) is 0 Å². The molecule has 1 aromatic heterocycles. The first-order chi connectivity index (χ1) is 10.3. The zero-order valence-electron chi connectivity index (χ0n) is 12.4. The molecule has 0 saturated heterocycles. The van der Waals surface area contributed by atoms with Crippen molar-refractivity contribution < 1.29 is 10.2 Å². The van der Waals surface area contributed by atoms with Crippen LogP contribution in [0.3, 0.4) is 0 Å². The summed E-state index contributed by atoms with van der Waals surface area (Å²) in [5.41, 5.74) is 1.22. The number of hydrogen-bond acceptors (Lipinski definition) is 4. The van der Waals surface area contributed by atoms with Crippen molar-refractivity contribution in [2.24, 2.45) is 0 Å². The number of aliphatic hydroxyl groups excluding tert-OH is 2. The maximum Gasteiger partial charge on any atom is 0.0975 e. The van der Waals surface area contributed by atoms with Gasteiger partial charge >= 0.3 is 0 Å². The molecule has 0 aliphatic rings. The van der Waals surface area contributed by atoms with Crippen molar-refractivity contribution >= 4 is 11.3 Å². The summed E-state index contributed by atoms with van der Waals surface area (Å²) in [6.07, 6.45) is 0.242. The van der Waals surface area contributed by atoms with Crippen LogP contribution in [-0.4, -0.2) is 34.4 Å². The molecule has 2 N–H and O–H groups in total. The average Bonchev–Trinajstić information content (AvgIpc) is 3.02. The molecule has 2 rings (SSSR count). The monoisotopic (exact) mass is 305 g/mol. The Morgan fingerprint density at radius 1 is 1.14 bits per heavy atom. The first-order valence-corrected chi connectivity index (χ1v) is 8.24. The Kier molecular flexibility index (Phi) is 6.39. The summed E-state index contributed by atoms with van der Waals surface area (Å²) in [5.74, 6) is 0. The first kappa shape index (κ1) is 16.2. The van der Waals surface area contributed by atoms with Crippen molar-refractivity contribution in [2.45, 2.75) is 32.0 Å². The van der Waals surface area contributed by atoms with E-state index in [4.69, 9.17) is 0 Å².